The molecular weight excluding hydrogens is 504 g/mol. The van der Waals surface area contributed by atoms with Gasteiger partial charge in [-0.05, 0) is 63.1 Å². The van der Waals surface area contributed by atoms with Crippen molar-refractivity contribution in [3.63, 3.8) is 0 Å². The Kier molecular flexibility index (Phi) is 11.8. The van der Waals surface area contributed by atoms with Gasteiger partial charge in [-0.25, -0.2) is 0 Å². The average molecular weight is 559 g/mol. The third kappa shape index (κ3) is 9.55. The minimum Gasteiger partial charge on any atom is -0.432 e. The normalized spacial score (nSPS) is 28.9. The predicted octanol–water partition coefficient (Wildman–Crippen LogP) is 4.09. The van der Waals surface area contributed by atoms with Gasteiger partial charge in [-0.2, -0.15) is 0 Å². The fourth-order valence-corrected chi connectivity index (χ4v) is 5.94. The largest absolute Gasteiger partial charge is 0.432 e. The Hall–Kier alpha value is -1.04. The average Bonchev–Trinajstić information content (AvgIpc) is 3.10. The van der Waals surface area contributed by atoms with Crippen LogP contribution in [0.5, 0.6) is 0 Å². The maximum atomic E-state index is 12.0. The van der Waals surface area contributed by atoms with Gasteiger partial charge in [-0.15, -0.1) is 0 Å². The van der Waals surface area contributed by atoms with Gasteiger partial charge >= 0.3 is 0 Å². The van der Waals surface area contributed by atoms with E-state index in [1.165, 1.54) is 13.8 Å². The van der Waals surface area contributed by atoms with Crippen molar-refractivity contribution >= 4 is 20.1 Å². The van der Waals surface area contributed by atoms with E-state index in [4.69, 9.17) is 18.9 Å². The monoisotopic (exact) mass is 558 g/mol. The molecule has 2 fully saturated rings. The highest BCUT2D eigenvalue weighted by molar-refractivity contribution is 6.72. The van der Waals surface area contributed by atoms with Gasteiger partial charge < -0.3 is 34.4 Å². The maximum absolute atomic E-state index is 12.0. The molecule has 2 aliphatic rings. The summed E-state index contributed by atoms with van der Waals surface area (Å²) in [6, 6.07) is -0.521. The zero-order valence-electron chi connectivity index (χ0n) is 25.4. The third-order valence-corrected chi connectivity index (χ3v) is 12.1. The highest BCUT2D eigenvalue weighted by Gasteiger charge is 2.55. The lowest BCUT2D eigenvalue weighted by molar-refractivity contribution is -0.243. The topological polar surface area (TPSA) is 115 Å². The lowest BCUT2D eigenvalue weighted by atomic mass is 9.87. The van der Waals surface area contributed by atoms with Crippen molar-refractivity contribution in [3.05, 3.63) is 0 Å². The molecular formula is C28H54N2O7Si. The van der Waals surface area contributed by atoms with Crippen LogP contribution in [-0.4, -0.2) is 74.5 Å². The molecule has 0 aliphatic carbocycles. The number of hydrogen-bond acceptors (Lipinski definition) is 7. The first-order valence-corrected chi connectivity index (χ1v) is 17.2. The van der Waals surface area contributed by atoms with Crippen LogP contribution in [0.2, 0.25) is 18.1 Å². The Morgan fingerprint density at radius 2 is 1.61 bits per heavy atom. The number of carbonyl (C=O) groups is 2. The van der Waals surface area contributed by atoms with Gasteiger partial charge in [0.25, 0.3) is 0 Å². The van der Waals surface area contributed by atoms with Crippen molar-refractivity contribution in [1.29, 1.82) is 0 Å². The van der Waals surface area contributed by atoms with Gasteiger partial charge in [0.2, 0.25) is 11.8 Å². The number of carbonyl (C=O) groups excluding carboxylic acids is 2. The van der Waals surface area contributed by atoms with Crippen LogP contribution >= 0.6 is 0 Å². The molecule has 7 unspecified atom stereocenters. The van der Waals surface area contributed by atoms with Crippen LogP contribution in [-0.2, 0) is 28.5 Å². The molecule has 2 aliphatic heterocycles. The van der Waals surface area contributed by atoms with Crippen LogP contribution in [0.3, 0.4) is 0 Å². The molecule has 2 amide bonds. The minimum atomic E-state index is -2.17. The van der Waals surface area contributed by atoms with Crippen molar-refractivity contribution in [2.24, 2.45) is 11.8 Å². The number of hydrogen-bond donors (Lipinski definition) is 3. The lowest BCUT2D eigenvalue weighted by Crippen LogP contribution is -2.64. The van der Waals surface area contributed by atoms with E-state index < -0.39 is 44.7 Å². The Balaban J connectivity index is 1.91. The highest BCUT2D eigenvalue weighted by atomic mass is 28.4. The van der Waals surface area contributed by atoms with E-state index in [2.05, 4.69) is 38.3 Å². The minimum absolute atomic E-state index is 0.0222. The van der Waals surface area contributed by atoms with Crippen molar-refractivity contribution in [2.75, 3.05) is 13.2 Å². The highest BCUT2D eigenvalue weighted by Crippen LogP contribution is 2.41. The molecule has 0 aromatic carbocycles. The molecule has 3 N–H and O–H groups in total. The number of fused-ring (bicyclic) bond motifs is 1. The van der Waals surface area contributed by atoms with Crippen molar-refractivity contribution < 1.29 is 33.3 Å². The molecule has 222 valence electrons. The summed E-state index contributed by atoms with van der Waals surface area (Å²) in [4.78, 5) is 34.1. The first-order chi connectivity index (χ1) is 17.4. The SMILES string of the molecule is CC(=O)NCC1OC(OCCCC(C)C(C)CCCC(C)(C)[Si](C)(C)O)C(NC(C)=O)C2OC(C)(C)OC12. The molecule has 7 atom stereocenters. The molecule has 10 heteroatoms. The van der Waals surface area contributed by atoms with E-state index in [-0.39, 0.29) is 23.4 Å². The fourth-order valence-electron chi connectivity index (χ4n) is 5.15. The predicted molar refractivity (Wildman–Crippen MR) is 150 cm³/mol. The molecule has 0 spiro atoms. The summed E-state index contributed by atoms with van der Waals surface area (Å²) in [5.74, 6) is -0.0597. The molecule has 0 aromatic rings. The van der Waals surface area contributed by atoms with E-state index >= 15 is 0 Å². The second kappa shape index (κ2) is 13.5. The summed E-state index contributed by atoms with van der Waals surface area (Å²) in [6.07, 6.45) is 3.14. The van der Waals surface area contributed by atoms with Crippen molar-refractivity contribution in [2.45, 2.75) is 142 Å². The van der Waals surface area contributed by atoms with E-state index in [1.807, 2.05) is 26.9 Å². The zero-order chi connectivity index (χ0) is 28.9. The number of rotatable bonds is 14. The summed E-state index contributed by atoms with van der Waals surface area (Å²) in [5.41, 5.74) is 0. The number of nitrogens with one attached hydrogen (secondary N) is 2. The first kappa shape index (κ1) is 33.2. The summed E-state index contributed by atoms with van der Waals surface area (Å²) >= 11 is 0. The van der Waals surface area contributed by atoms with Gasteiger partial charge in [0.15, 0.2) is 20.4 Å². The number of amides is 2. The smallest absolute Gasteiger partial charge is 0.217 e. The molecule has 2 rings (SSSR count). The van der Waals surface area contributed by atoms with E-state index in [9.17, 15) is 14.4 Å². The molecule has 0 radical (unpaired) electrons. The van der Waals surface area contributed by atoms with E-state index in [0.717, 1.165) is 32.1 Å². The van der Waals surface area contributed by atoms with E-state index in [0.29, 0.717) is 18.4 Å². The first-order valence-electron chi connectivity index (χ1n) is 14.3. The zero-order valence-corrected chi connectivity index (χ0v) is 26.4. The van der Waals surface area contributed by atoms with Crippen LogP contribution in [0.15, 0.2) is 0 Å². The van der Waals surface area contributed by atoms with Gasteiger partial charge in [0.1, 0.15) is 24.4 Å². The Morgan fingerprint density at radius 1 is 1.03 bits per heavy atom. The summed E-state index contributed by atoms with van der Waals surface area (Å²) in [6.45, 7) is 20.4. The van der Waals surface area contributed by atoms with Gasteiger partial charge in [-0.1, -0.05) is 40.5 Å². The summed E-state index contributed by atoms with van der Waals surface area (Å²) in [7, 11) is -2.17. The van der Waals surface area contributed by atoms with E-state index in [1.54, 1.807) is 0 Å². The van der Waals surface area contributed by atoms with Crippen LogP contribution in [0, 0.1) is 11.8 Å². The lowest BCUT2D eigenvalue weighted by Gasteiger charge is -2.42. The van der Waals surface area contributed by atoms with Crippen LogP contribution in [0.25, 0.3) is 0 Å². The molecule has 0 bridgehead atoms. The Labute approximate surface area is 231 Å². The standard InChI is InChI=1S/C28H54N2O7Si/c1-18(13-11-15-27(5,6)38(9,10)33)19(2)14-12-16-34-26-23(30-21(4)32)25-24(36-28(7,8)37-25)22(35-26)17-29-20(3)31/h18-19,22-26,33H,11-17H2,1-10H3,(H,29,31)(H,30,32). The third-order valence-electron chi connectivity index (χ3n) is 8.58. The summed E-state index contributed by atoms with van der Waals surface area (Å²) in [5, 5.41) is 5.77. The molecule has 0 aromatic heterocycles. The van der Waals surface area contributed by atoms with Gasteiger partial charge in [0.05, 0.1) is 0 Å². The van der Waals surface area contributed by atoms with Crippen molar-refractivity contribution in [1.82, 2.24) is 10.6 Å². The molecule has 2 saturated heterocycles. The summed E-state index contributed by atoms with van der Waals surface area (Å²) < 4.78 is 24.7. The fraction of sp³-hybridized carbons (Fsp3) is 0.929. The number of ether oxygens (including phenoxy) is 4. The van der Waals surface area contributed by atoms with Crippen molar-refractivity contribution in [3.8, 4) is 0 Å². The Morgan fingerprint density at radius 3 is 2.16 bits per heavy atom. The molecule has 38 heavy (non-hydrogen) atoms. The second-order valence-electron chi connectivity index (χ2n) is 13.1. The molecule has 9 nitrogen and oxygen atoms in total. The molecule has 2 heterocycles. The molecule has 0 saturated carbocycles. The van der Waals surface area contributed by atoms with Gasteiger partial charge in [0, 0.05) is 27.0 Å². The van der Waals surface area contributed by atoms with Crippen LogP contribution in [0.4, 0.5) is 0 Å². The van der Waals surface area contributed by atoms with Gasteiger partial charge in [-0.3, -0.25) is 9.59 Å². The quantitative estimate of drug-likeness (QED) is 0.217. The van der Waals surface area contributed by atoms with Crippen LogP contribution in [0.1, 0.15) is 87.5 Å². The Bertz CT molecular complexity index is 786. The second-order valence-corrected chi connectivity index (χ2v) is 17.5. The maximum Gasteiger partial charge on any atom is 0.217 e. The van der Waals surface area contributed by atoms with Crippen LogP contribution < -0.4 is 10.6 Å².